The minimum absolute atomic E-state index is 0. The molecule has 0 spiro atoms. The van der Waals surface area contributed by atoms with Crippen molar-refractivity contribution < 1.29 is 71.5 Å². The standard InChI is InChI=1S/C10H14O4.K/c1-5(2)6-3-4-7(10(13)14)9(12)8(6)11;/h3-5,8-9,11-12H,1-2H3,(H,13,14);/q;+1/p-1/t8-,9+;/m0./s1. The van der Waals surface area contributed by atoms with Crippen molar-refractivity contribution >= 4 is 5.97 Å². The molecule has 0 amide bonds. The first-order valence-corrected chi connectivity index (χ1v) is 4.44. The van der Waals surface area contributed by atoms with Crippen molar-refractivity contribution in [2.75, 3.05) is 0 Å². The Bertz CT molecular complexity index is 307. The molecule has 2 N–H and O–H groups in total. The van der Waals surface area contributed by atoms with E-state index in [0.717, 1.165) is 0 Å². The molecule has 0 saturated carbocycles. The number of aliphatic carboxylic acids is 1. The van der Waals surface area contributed by atoms with E-state index in [4.69, 9.17) is 0 Å². The molecule has 0 heterocycles. The summed E-state index contributed by atoms with van der Waals surface area (Å²) in [6, 6.07) is 0. The molecule has 0 unspecified atom stereocenters. The van der Waals surface area contributed by atoms with E-state index in [9.17, 15) is 20.1 Å². The Morgan fingerprint density at radius 1 is 1.33 bits per heavy atom. The third-order valence-corrected chi connectivity index (χ3v) is 2.32. The minimum Gasteiger partial charge on any atom is -0.545 e. The van der Waals surface area contributed by atoms with Crippen LogP contribution in [0.1, 0.15) is 13.8 Å². The molecule has 4 nitrogen and oxygen atoms in total. The van der Waals surface area contributed by atoms with Crippen molar-refractivity contribution in [1.82, 2.24) is 0 Å². The van der Waals surface area contributed by atoms with Crippen molar-refractivity contribution in [3.8, 4) is 0 Å². The van der Waals surface area contributed by atoms with Crippen LogP contribution in [0.4, 0.5) is 0 Å². The summed E-state index contributed by atoms with van der Waals surface area (Å²) in [5.74, 6) is -1.38. The topological polar surface area (TPSA) is 80.6 Å². The molecule has 1 rings (SSSR count). The van der Waals surface area contributed by atoms with Crippen molar-refractivity contribution in [2.24, 2.45) is 5.92 Å². The number of allylic oxidation sites excluding steroid dienone is 2. The van der Waals surface area contributed by atoms with Crippen LogP contribution in [-0.2, 0) is 4.79 Å². The van der Waals surface area contributed by atoms with E-state index in [-0.39, 0.29) is 62.9 Å². The zero-order valence-electron chi connectivity index (χ0n) is 9.10. The van der Waals surface area contributed by atoms with E-state index in [1.54, 1.807) is 0 Å². The second kappa shape index (κ2) is 6.29. The number of carboxylic acid groups (broad SMARTS) is 1. The van der Waals surface area contributed by atoms with Gasteiger partial charge in [-0.1, -0.05) is 26.0 Å². The maximum absolute atomic E-state index is 10.5. The molecular weight excluding hydrogens is 223 g/mol. The molecule has 1 aliphatic carbocycles. The van der Waals surface area contributed by atoms with Crippen LogP contribution in [0.2, 0.25) is 0 Å². The van der Waals surface area contributed by atoms with Gasteiger partial charge in [0.1, 0.15) is 12.2 Å². The van der Waals surface area contributed by atoms with Crippen molar-refractivity contribution in [1.29, 1.82) is 0 Å². The third kappa shape index (κ3) is 3.49. The smallest absolute Gasteiger partial charge is 0.545 e. The SMILES string of the molecule is CC(C)C1=CC=C(C(=O)[O-])[C@@H](O)[C@H]1O.[K+]. The molecule has 0 aromatic carbocycles. The Kier molecular flexibility index (Phi) is 6.51. The minimum atomic E-state index is -1.45. The quantitative estimate of drug-likeness (QED) is 0.479. The molecule has 0 saturated heterocycles. The number of hydrogen-bond donors (Lipinski definition) is 2. The third-order valence-electron chi connectivity index (χ3n) is 2.32. The first-order chi connectivity index (χ1) is 6.45. The van der Waals surface area contributed by atoms with Gasteiger partial charge in [0.15, 0.2) is 0 Å². The Morgan fingerprint density at radius 3 is 2.27 bits per heavy atom. The van der Waals surface area contributed by atoms with E-state index < -0.39 is 18.2 Å². The Balaban J connectivity index is 0.00000196. The number of hydrogen-bond acceptors (Lipinski definition) is 4. The zero-order chi connectivity index (χ0) is 10.9. The van der Waals surface area contributed by atoms with Crippen LogP contribution in [0.3, 0.4) is 0 Å². The van der Waals surface area contributed by atoms with Gasteiger partial charge in [-0.3, -0.25) is 0 Å². The van der Waals surface area contributed by atoms with E-state index in [1.807, 2.05) is 13.8 Å². The van der Waals surface area contributed by atoms with Gasteiger partial charge in [0.25, 0.3) is 0 Å². The number of aliphatic hydroxyl groups excluding tert-OH is 2. The Labute approximate surface area is 131 Å². The summed E-state index contributed by atoms with van der Waals surface area (Å²) >= 11 is 0. The predicted octanol–water partition coefficient (Wildman–Crippen LogP) is -4.02. The molecule has 2 atom stereocenters. The molecule has 0 aromatic rings. The van der Waals surface area contributed by atoms with Crippen LogP contribution in [0, 0.1) is 5.92 Å². The average molecular weight is 236 g/mol. The van der Waals surface area contributed by atoms with Crippen LogP contribution in [0.15, 0.2) is 23.3 Å². The molecule has 0 radical (unpaired) electrons. The number of carbonyl (C=O) groups excluding carboxylic acids is 1. The summed E-state index contributed by atoms with van der Waals surface area (Å²) in [5.41, 5.74) is 0.351. The summed E-state index contributed by atoms with van der Waals surface area (Å²) in [6.07, 6.45) is 0.269. The van der Waals surface area contributed by atoms with Crippen LogP contribution in [-0.4, -0.2) is 28.4 Å². The predicted molar refractivity (Wildman–Crippen MR) is 48.0 cm³/mol. The molecule has 0 fully saturated rings. The van der Waals surface area contributed by atoms with E-state index in [0.29, 0.717) is 5.57 Å². The van der Waals surface area contributed by atoms with Gasteiger partial charge < -0.3 is 20.1 Å². The molecule has 78 valence electrons. The molecule has 0 aliphatic heterocycles. The maximum atomic E-state index is 10.5. The largest absolute Gasteiger partial charge is 1.00 e. The van der Waals surface area contributed by atoms with Gasteiger partial charge in [-0.2, -0.15) is 0 Å². The van der Waals surface area contributed by atoms with Gasteiger partial charge in [0, 0.05) is 5.57 Å². The van der Waals surface area contributed by atoms with Crippen LogP contribution >= 0.6 is 0 Å². The Morgan fingerprint density at radius 2 is 1.87 bits per heavy atom. The first kappa shape index (κ1) is 15.5. The summed E-state index contributed by atoms with van der Waals surface area (Å²) in [5, 5.41) is 29.5. The molecular formula is C10H13KO4. The van der Waals surface area contributed by atoms with Crippen LogP contribution in [0.25, 0.3) is 0 Å². The number of aliphatic hydroxyl groups is 2. The Hall–Kier alpha value is 0.506. The van der Waals surface area contributed by atoms with E-state index >= 15 is 0 Å². The molecule has 5 heteroatoms. The number of rotatable bonds is 2. The van der Waals surface area contributed by atoms with Gasteiger partial charge >= 0.3 is 51.4 Å². The van der Waals surface area contributed by atoms with Crippen LogP contribution < -0.4 is 56.5 Å². The second-order valence-corrected chi connectivity index (χ2v) is 3.62. The maximum Gasteiger partial charge on any atom is 1.00 e. The van der Waals surface area contributed by atoms with Gasteiger partial charge in [-0.15, -0.1) is 0 Å². The first-order valence-electron chi connectivity index (χ1n) is 4.44. The second-order valence-electron chi connectivity index (χ2n) is 3.62. The average Bonchev–Trinajstić information content (AvgIpc) is 2.08. The fraction of sp³-hybridized carbons (Fsp3) is 0.500. The summed E-state index contributed by atoms with van der Waals surface area (Å²) in [7, 11) is 0. The van der Waals surface area contributed by atoms with Crippen molar-refractivity contribution in [3.63, 3.8) is 0 Å². The summed E-state index contributed by atoms with van der Waals surface area (Å²) in [6.45, 7) is 3.72. The van der Waals surface area contributed by atoms with Gasteiger partial charge in [0.2, 0.25) is 0 Å². The molecule has 0 bridgehead atoms. The van der Waals surface area contributed by atoms with Crippen LogP contribution in [0.5, 0.6) is 0 Å². The monoisotopic (exact) mass is 236 g/mol. The molecule has 1 aliphatic rings. The zero-order valence-corrected chi connectivity index (χ0v) is 12.2. The van der Waals surface area contributed by atoms with Gasteiger partial charge in [-0.25, -0.2) is 0 Å². The number of carbonyl (C=O) groups is 1. The van der Waals surface area contributed by atoms with Crippen molar-refractivity contribution in [3.05, 3.63) is 23.3 Å². The van der Waals surface area contributed by atoms with E-state index in [2.05, 4.69) is 0 Å². The summed E-state index contributed by atoms with van der Waals surface area (Å²) in [4.78, 5) is 10.5. The molecule has 15 heavy (non-hydrogen) atoms. The fourth-order valence-corrected chi connectivity index (χ4v) is 1.46. The summed E-state index contributed by atoms with van der Waals surface area (Å²) < 4.78 is 0. The van der Waals surface area contributed by atoms with Crippen molar-refractivity contribution in [2.45, 2.75) is 26.1 Å². The van der Waals surface area contributed by atoms with Gasteiger partial charge in [0.05, 0.1) is 5.97 Å². The molecule has 0 aromatic heterocycles. The fourth-order valence-electron chi connectivity index (χ4n) is 1.46. The van der Waals surface area contributed by atoms with E-state index in [1.165, 1.54) is 12.2 Å². The normalized spacial score (nSPS) is 25.4. The number of carboxylic acids is 1. The van der Waals surface area contributed by atoms with Gasteiger partial charge in [-0.05, 0) is 11.5 Å².